The van der Waals surface area contributed by atoms with Crippen molar-refractivity contribution in [2.24, 2.45) is 0 Å². The van der Waals surface area contributed by atoms with Crippen LogP contribution < -0.4 is 5.32 Å². The lowest BCUT2D eigenvalue weighted by Gasteiger charge is -2.22. The van der Waals surface area contributed by atoms with E-state index in [4.69, 9.17) is 4.74 Å². The molecule has 1 amide bonds. The van der Waals surface area contributed by atoms with Crippen molar-refractivity contribution >= 4 is 11.9 Å². The highest BCUT2D eigenvalue weighted by Crippen LogP contribution is 2.18. The molecule has 0 heterocycles. The van der Waals surface area contributed by atoms with Gasteiger partial charge in [0.1, 0.15) is 0 Å². The summed E-state index contributed by atoms with van der Waals surface area (Å²) in [5.41, 5.74) is 0. The number of esters is 1. The maximum Gasteiger partial charge on any atom is 0.305 e. The number of nitrogens with one attached hydrogen (secondary N) is 1. The molecular weight excluding hydrogens is 959 g/mol. The normalized spacial score (nSPS) is 12.7. The molecule has 78 heavy (non-hydrogen) atoms. The molecule has 0 aromatic carbocycles. The lowest BCUT2D eigenvalue weighted by Crippen LogP contribution is -2.45. The summed E-state index contributed by atoms with van der Waals surface area (Å²) in [5, 5.41) is 23.3. The average molecular weight is 1100 g/mol. The standard InChI is InChI=1S/C72H137NO5/c1-3-5-7-9-11-13-15-17-37-42-46-50-54-58-62-66-72(77)78-67-63-59-55-51-47-43-39-36-34-32-30-28-26-24-22-20-18-19-21-23-25-27-29-31-33-35-38-41-45-49-53-57-61-65-71(76)73-69(68-74)70(75)64-60-56-52-48-44-40-16-14-12-10-8-6-4-2/h11,13,17,22,24,37,69-70,74-75H,3-10,12,14-16,18-21,23,25-36,38-68H2,1-2H3,(H,73,76)/b13-11-,24-22-,37-17-. The zero-order valence-electron chi connectivity index (χ0n) is 52.7. The summed E-state index contributed by atoms with van der Waals surface area (Å²) < 4.78 is 5.49. The summed E-state index contributed by atoms with van der Waals surface area (Å²) in [6.45, 7) is 4.94. The van der Waals surface area contributed by atoms with Gasteiger partial charge in [0.25, 0.3) is 0 Å². The molecule has 460 valence electrons. The zero-order valence-corrected chi connectivity index (χ0v) is 52.7. The Morgan fingerprint density at radius 1 is 0.359 bits per heavy atom. The van der Waals surface area contributed by atoms with Crippen molar-refractivity contribution < 1.29 is 24.5 Å². The lowest BCUT2D eigenvalue weighted by molar-refractivity contribution is -0.143. The minimum atomic E-state index is -0.661. The number of rotatable bonds is 66. The van der Waals surface area contributed by atoms with Gasteiger partial charge in [-0.25, -0.2) is 0 Å². The molecule has 0 spiro atoms. The second-order valence-electron chi connectivity index (χ2n) is 24.2. The smallest absolute Gasteiger partial charge is 0.305 e. The van der Waals surface area contributed by atoms with Crippen LogP contribution in [0.1, 0.15) is 386 Å². The SMILES string of the molecule is CCCCC/C=C\C/C=C\CCCCCCCC(=O)OCCCCCCCCCCCCCC/C=C\CCCCCCCCCCCCCCCCCCCC(=O)NC(CO)C(O)CCCCCCCCCCCCCCC. The molecule has 2 atom stereocenters. The molecule has 2 unspecified atom stereocenters. The fraction of sp³-hybridized carbons (Fsp3) is 0.889. The van der Waals surface area contributed by atoms with Crippen LogP contribution in [0.15, 0.2) is 36.5 Å². The van der Waals surface area contributed by atoms with Gasteiger partial charge in [-0.2, -0.15) is 0 Å². The molecule has 0 aliphatic rings. The highest BCUT2D eigenvalue weighted by atomic mass is 16.5. The Hall–Kier alpha value is -1.92. The predicted molar refractivity (Wildman–Crippen MR) is 343 cm³/mol. The van der Waals surface area contributed by atoms with E-state index in [0.717, 1.165) is 51.4 Å². The van der Waals surface area contributed by atoms with E-state index < -0.39 is 12.1 Å². The number of carbonyl (C=O) groups excluding carboxylic acids is 2. The van der Waals surface area contributed by atoms with Crippen molar-refractivity contribution in [1.82, 2.24) is 5.32 Å². The number of hydrogen-bond donors (Lipinski definition) is 3. The number of aliphatic hydroxyl groups is 2. The van der Waals surface area contributed by atoms with E-state index >= 15 is 0 Å². The van der Waals surface area contributed by atoms with Crippen molar-refractivity contribution in [2.45, 2.75) is 398 Å². The first kappa shape index (κ1) is 76.1. The molecule has 0 aromatic rings. The van der Waals surface area contributed by atoms with Crippen molar-refractivity contribution in [3.63, 3.8) is 0 Å². The van der Waals surface area contributed by atoms with Gasteiger partial charge in [0.05, 0.1) is 25.4 Å². The molecule has 0 saturated carbocycles. The fourth-order valence-corrected chi connectivity index (χ4v) is 11.0. The van der Waals surface area contributed by atoms with Crippen LogP contribution in [0.3, 0.4) is 0 Å². The Bertz CT molecular complexity index is 1260. The van der Waals surface area contributed by atoms with Crippen LogP contribution in [0.5, 0.6) is 0 Å². The first-order valence-electron chi connectivity index (χ1n) is 35.2. The van der Waals surface area contributed by atoms with E-state index in [0.29, 0.717) is 25.9 Å². The van der Waals surface area contributed by atoms with E-state index in [1.54, 1.807) is 0 Å². The third-order valence-corrected chi connectivity index (χ3v) is 16.4. The van der Waals surface area contributed by atoms with E-state index in [9.17, 15) is 19.8 Å². The topological polar surface area (TPSA) is 95.9 Å². The van der Waals surface area contributed by atoms with Gasteiger partial charge >= 0.3 is 5.97 Å². The van der Waals surface area contributed by atoms with E-state index in [1.165, 1.54) is 302 Å². The number of amides is 1. The highest BCUT2D eigenvalue weighted by molar-refractivity contribution is 5.76. The van der Waals surface area contributed by atoms with Crippen LogP contribution >= 0.6 is 0 Å². The van der Waals surface area contributed by atoms with Gasteiger partial charge in [0.15, 0.2) is 0 Å². The van der Waals surface area contributed by atoms with Crippen molar-refractivity contribution in [2.75, 3.05) is 13.2 Å². The number of carbonyl (C=O) groups is 2. The number of hydrogen-bond acceptors (Lipinski definition) is 5. The van der Waals surface area contributed by atoms with Gasteiger partial charge in [-0.1, -0.05) is 326 Å². The lowest BCUT2D eigenvalue weighted by atomic mass is 10.0. The fourth-order valence-electron chi connectivity index (χ4n) is 11.0. The molecule has 3 N–H and O–H groups in total. The van der Waals surface area contributed by atoms with Gasteiger partial charge in [0.2, 0.25) is 5.91 Å². The Balaban J connectivity index is 3.34. The van der Waals surface area contributed by atoms with E-state index in [2.05, 4.69) is 55.6 Å². The van der Waals surface area contributed by atoms with Crippen LogP contribution in [0.4, 0.5) is 0 Å². The second kappa shape index (κ2) is 67.6. The molecular formula is C72H137NO5. The van der Waals surface area contributed by atoms with Crippen LogP contribution in [-0.2, 0) is 14.3 Å². The Morgan fingerprint density at radius 3 is 1.01 bits per heavy atom. The molecule has 0 aromatic heterocycles. The summed E-state index contributed by atoms with van der Waals surface area (Å²) in [7, 11) is 0. The predicted octanol–water partition coefficient (Wildman–Crippen LogP) is 22.7. The molecule has 0 rings (SSSR count). The largest absolute Gasteiger partial charge is 0.466 e. The van der Waals surface area contributed by atoms with Crippen LogP contribution in [-0.4, -0.2) is 47.4 Å². The van der Waals surface area contributed by atoms with Crippen molar-refractivity contribution in [3.8, 4) is 0 Å². The average Bonchev–Trinajstić information content (AvgIpc) is 3.44. The molecule has 6 nitrogen and oxygen atoms in total. The minimum Gasteiger partial charge on any atom is -0.466 e. The number of allylic oxidation sites excluding steroid dienone is 6. The Morgan fingerprint density at radius 2 is 0.641 bits per heavy atom. The third kappa shape index (κ3) is 63.3. The Kier molecular flexibility index (Phi) is 65.9. The maximum absolute atomic E-state index is 12.5. The molecule has 0 bridgehead atoms. The molecule has 6 heteroatoms. The van der Waals surface area contributed by atoms with Crippen molar-refractivity contribution in [1.29, 1.82) is 0 Å². The molecule has 0 saturated heterocycles. The van der Waals surface area contributed by atoms with Crippen LogP contribution in [0.25, 0.3) is 0 Å². The molecule has 0 fully saturated rings. The monoisotopic (exact) mass is 1100 g/mol. The number of unbranched alkanes of at least 4 members (excludes halogenated alkanes) is 49. The molecule has 0 radical (unpaired) electrons. The van der Waals surface area contributed by atoms with Crippen molar-refractivity contribution in [3.05, 3.63) is 36.5 Å². The zero-order chi connectivity index (χ0) is 56.4. The van der Waals surface area contributed by atoms with Gasteiger partial charge in [0, 0.05) is 12.8 Å². The summed E-state index contributed by atoms with van der Waals surface area (Å²) in [6.07, 6.45) is 86.3. The molecule has 0 aliphatic heterocycles. The third-order valence-electron chi connectivity index (χ3n) is 16.4. The first-order chi connectivity index (χ1) is 38.5. The quantitative estimate of drug-likeness (QED) is 0.0320. The maximum atomic E-state index is 12.5. The summed E-state index contributed by atoms with van der Waals surface area (Å²) >= 11 is 0. The van der Waals surface area contributed by atoms with Crippen LogP contribution in [0.2, 0.25) is 0 Å². The van der Waals surface area contributed by atoms with Gasteiger partial charge in [-0.3, -0.25) is 9.59 Å². The molecule has 0 aliphatic carbocycles. The summed E-state index contributed by atoms with van der Waals surface area (Å²) in [4.78, 5) is 24.6. The second-order valence-corrected chi connectivity index (χ2v) is 24.2. The first-order valence-corrected chi connectivity index (χ1v) is 35.2. The number of aliphatic hydroxyl groups excluding tert-OH is 2. The van der Waals surface area contributed by atoms with Gasteiger partial charge in [-0.05, 0) is 83.5 Å². The van der Waals surface area contributed by atoms with E-state index in [1.807, 2.05) is 0 Å². The Labute approximate surface area is 487 Å². The summed E-state index contributed by atoms with van der Waals surface area (Å²) in [6, 6.07) is -0.538. The van der Waals surface area contributed by atoms with Crippen LogP contribution in [0, 0.1) is 0 Å². The minimum absolute atomic E-state index is 0.00489. The van der Waals surface area contributed by atoms with Gasteiger partial charge < -0.3 is 20.3 Å². The summed E-state index contributed by atoms with van der Waals surface area (Å²) in [5.74, 6) is -0.0253. The van der Waals surface area contributed by atoms with Gasteiger partial charge in [-0.15, -0.1) is 0 Å². The van der Waals surface area contributed by atoms with E-state index in [-0.39, 0.29) is 18.5 Å². The number of ether oxygens (including phenoxy) is 1. The highest BCUT2D eigenvalue weighted by Gasteiger charge is 2.20.